The lowest BCUT2D eigenvalue weighted by Crippen LogP contribution is -2.20. The van der Waals surface area contributed by atoms with Crippen LogP contribution in [0.15, 0.2) is 35.7 Å². The number of thiocarbonyl (C=S) groups is 1. The molecule has 0 atom stereocenters. The number of methoxy groups -OCH3 is 1. The fourth-order valence-corrected chi connectivity index (χ4v) is 2.89. The zero-order valence-corrected chi connectivity index (χ0v) is 14.3. The number of benzene rings is 1. The van der Waals surface area contributed by atoms with Crippen molar-refractivity contribution in [1.82, 2.24) is 0 Å². The fraction of sp³-hybridized carbons (Fsp3) is 0.250. The van der Waals surface area contributed by atoms with Gasteiger partial charge in [0.15, 0.2) is 5.11 Å². The van der Waals surface area contributed by atoms with Crippen molar-refractivity contribution in [3.63, 3.8) is 0 Å². The number of hydrogen-bond donors (Lipinski definition) is 2. The lowest BCUT2D eigenvalue weighted by molar-refractivity contribution is 0.0607. The van der Waals surface area contributed by atoms with Gasteiger partial charge in [0.2, 0.25) is 0 Å². The van der Waals surface area contributed by atoms with Crippen molar-refractivity contribution < 1.29 is 9.53 Å². The first-order valence-corrected chi connectivity index (χ1v) is 8.14. The molecule has 0 aliphatic carbocycles. The second-order valence-electron chi connectivity index (χ2n) is 5.01. The molecule has 22 heavy (non-hydrogen) atoms. The van der Waals surface area contributed by atoms with Gasteiger partial charge in [-0.05, 0) is 47.3 Å². The van der Waals surface area contributed by atoms with Crippen LogP contribution in [0.25, 0.3) is 0 Å². The van der Waals surface area contributed by atoms with E-state index in [9.17, 15) is 4.79 Å². The Kier molecular flexibility index (Phi) is 5.51. The molecule has 0 amide bonds. The molecule has 2 N–H and O–H groups in total. The average Bonchev–Trinajstić information content (AvgIpc) is 2.95. The summed E-state index contributed by atoms with van der Waals surface area (Å²) in [6, 6.07) is 9.91. The minimum absolute atomic E-state index is 0.374. The Morgan fingerprint density at radius 3 is 2.45 bits per heavy atom. The zero-order valence-electron chi connectivity index (χ0n) is 12.7. The highest BCUT2D eigenvalue weighted by Gasteiger charge is 2.14. The predicted octanol–water partition coefficient (Wildman–Crippen LogP) is 4.47. The van der Waals surface area contributed by atoms with Crippen molar-refractivity contribution in [3.05, 3.63) is 46.2 Å². The number of ether oxygens (including phenoxy) is 1. The Labute approximate surface area is 139 Å². The largest absolute Gasteiger partial charge is 0.465 e. The molecule has 0 aliphatic rings. The van der Waals surface area contributed by atoms with Gasteiger partial charge in [-0.2, -0.15) is 0 Å². The summed E-state index contributed by atoms with van der Waals surface area (Å²) in [7, 11) is 1.36. The molecular weight excluding hydrogens is 316 g/mol. The monoisotopic (exact) mass is 334 g/mol. The highest BCUT2D eigenvalue weighted by Crippen LogP contribution is 2.23. The summed E-state index contributed by atoms with van der Waals surface area (Å²) in [5.74, 6) is 0.120. The van der Waals surface area contributed by atoms with Gasteiger partial charge in [0.1, 0.15) is 4.88 Å². The van der Waals surface area contributed by atoms with Gasteiger partial charge in [0.05, 0.1) is 12.8 Å². The Morgan fingerprint density at radius 2 is 1.86 bits per heavy atom. The maximum Gasteiger partial charge on any atom is 0.350 e. The number of nitrogens with one attached hydrogen (secondary N) is 2. The van der Waals surface area contributed by atoms with Crippen LogP contribution in [0.3, 0.4) is 0 Å². The maximum absolute atomic E-state index is 11.6. The molecule has 4 nitrogen and oxygen atoms in total. The van der Waals surface area contributed by atoms with E-state index in [4.69, 9.17) is 17.0 Å². The highest BCUT2D eigenvalue weighted by molar-refractivity contribution is 7.80. The molecule has 0 unspecified atom stereocenters. The normalized spacial score (nSPS) is 10.4. The summed E-state index contributed by atoms with van der Waals surface area (Å²) >= 11 is 6.59. The van der Waals surface area contributed by atoms with Gasteiger partial charge < -0.3 is 15.4 Å². The third-order valence-electron chi connectivity index (χ3n) is 3.12. The molecule has 0 saturated heterocycles. The minimum atomic E-state index is -0.374. The fourth-order valence-electron chi connectivity index (χ4n) is 1.89. The number of anilines is 2. The van der Waals surface area contributed by atoms with Gasteiger partial charge in [0.25, 0.3) is 0 Å². The van der Waals surface area contributed by atoms with Crippen LogP contribution in [0.1, 0.15) is 35.0 Å². The molecule has 1 aromatic heterocycles. The lowest BCUT2D eigenvalue weighted by atomic mass is 10.0. The number of esters is 1. The molecule has 2 rings (SSSR count). The SMILES string of the molecule is COC(=O)c1sccc1NC(=S)Nc1ccc(C(C)C)cc1. The number of carbonyl (C=O) groups excluding carboxylic acids is 1. The first-order valence-electron chi connectivity index (χ1n) is 6.85. The van der Waals surface area contributed by atoms with E-state index in [2.05, 4.69) is 36.6 Å². The maximum atomic E-state index is 11.6. The molecule has 0 fully saturated rings. The molecule has 0 bridgehead atoms. The van der Waals surface area contributed by atoms with Crippen LogP contribution in [-0.2, 0) is 4.74 Å². The van der Waals surface area contributed by atoms with Crippen LogP contribution in [0, 0.1) is 0 Å². The van der Waals surface area contributed by atoms with E-state index < -0.39 is 0 Å². The van der Waals surface area contributed by atoms with Crippen molar-refractivity contribution in [3.8, 4) is 0 Å². The standard InChI is InChI=1S/C16H18N2O2S2/c1-10(2)11-4-6-12(7-5-11)17-16(21)18-13-8-9-22-14(13)15(19)20-3/h4-10H,1-3H3,(H2,17,18,21). The molecule has 6 heteroatoms. The topological polar surface area (TPSA) is 50.4 Å². The van der Waals surface area contributed by atoms with Crippen molar-refractivity contribution >= 4 is 46.0 Å². The van der Waals surface area contributed by atoms with E-state index in [0.29, 0.717) is 21.6 Å². The number of thiophene rings is 1. The summed E-state index contributed by atoms with van der Waals surface area (Å²) in [5, 5.41) is 8.37. The van der Waals surface area contributed by atoms with Crippen LogP contribution in [-0.4, -0.2) is 18.2 Å². The molecule has 2 aromatic rings. The van der Waals surface area contributed by atoms with E-state index in [0.717, 1.165) is 5.69 Å². The van der Waals surface area contributed by atoms with Gasteiger partial charge >= 0.3 is 5.97 Å². The van der Waals surface area contributed by atoms with Gasteiger partial charge in [0, 0.05) is 5.69 Å². The Balaban J connectivity index is 2.01. The van der Waals surface area contributed by atoms with Crippen LogP contribution < -0.4 is 10.6 Å². The summed E-state index contributed by atoms with van der Waals surface area (Å²) in [6.07, 6.45) is 0. The number of rotatable bonds is 4. The van der Waals surface area contributed by atoms with E-state index >= 15 is 0 Å². The van der Waals surface area contributed by atoms with Crippen molar-refractivity contribution in [2.75, 3.05) is 17.7 Å². The van der Waals surface area contributed by atoms with Crippen LogP contribution >= 0.6 is 23.6 Å². The van der Waals surface area contributed by atoms with Gasteiger partial charge in [-0.25, -0.2) is 4.79 Å². The molecular formula is C16H18N2O2S2. The van der Waals surface area contributed by atoms with E-state index in [-0.39, 0.29) is 5.97 Å². The average molecular weight is 334 g/mol. The predicted molar refractivity (Wildman–Crippen MR) is 96.0 cm³/mol. The molecule has 0 spiro atoms. The molecule has 0 radical (unpaired) electrons. The summed E-state index contributed by atoms with van der Waals surface area (Å²) in [5.41, 5.74) is 2.82. The Morgan fingerprint density at radius 1 is 1.18 bits per heavy atom. The van der Waals surface area contributed by atoms with Crippen LogP contribution in [0.2, 0.25) is 0 Å². The quantitative estimate of drug-likeness (QED) is 0.638. The van der Waals surface area contributed by atoms with E-state index in [1.165, 1.54) is 24.0 Å². The molecule has 0 saturated carbocycles. The first-order chi connectivity index (χ1) is 10.5. The lowest BCUT2D eigenvalue weighted by Gasteiger charge is -2.12. The molecule has 0 aliphatic heterocycles. The highest BCUT2D eigenvalue weighted by atomic mass is 32.1. The summed E-state index contributed by atoms with van der Waals surface area (Å²) in [6.45, 7) is 4.30. The number of hydrogen-bond acceptors (Lipinski definition) is 4. The first kappa shape index (κ1) is 16.5. The van der Waals surface area contributed by atoms with Crippen molar-refractivity contribution in [2.45, 2.75) is 19.8 Å². The van der Waals surface area contributed by atoms with E-state index in [1.54, 1.807) is 6.07 Å². The smallest absolute Gasteiger partial charge is 0.350 e. The summed E-state index contributed by atoms with van der Waals surface area (Å²) < 4.78 is 4.74. The van der Waals surface area contributed by atoms with Gasteiger partial charge in [-0.15, -0.1) is 11.3 Å². The minimum Gasteiger partial charge on any atom is -0.465 e. The number of carbonyl (C=O) groups is 1. The third kappa shape index (κ3) is 4.05. The van der Waals surface area contributed by atoms with Gasteiger partial charge in [-0.1, -0.05) is 26.0 Å². The Hall–Kier alpha value is -1.92. The van der Waals surface area contributed by atoms with E-state index in [1.807, 2.05) is 17.5 Å². The van der Waals surface area contributed by atoms with Gasteiger partial charge in [-0.3, -0.25) is 0 Å². The van der Waals surface area contributed by atoms with Crippen LogP contribution in [0.4, 0.5) is 11.4 Å². The molecule has 116 valence electrons. The van der Waals surface area contributed by atoms with Crippen molar-refractivity contribution in [1.29, 1.82) is 0 Å². The molecule has 1 heterocycles. The van der Waals surface area contributed by atoms with Crippen LogP contribution in [0.5, 0.6) is 0 Å². The second kappa shape index (κ2) is 7.38. The second-order valence-corrected chi connectivity index (χ2v) is 6.34. The Bertz CT molecular complexity index is 663. The van der Waals surface area contributed by atoms with Crippen molar-refractivity contribution in [2.24, 2.45) is 0 Å². The summed E-state index contributed by atoms with van der Waals surface area (Å²) in [4.78, 5) is 12.1. The zero-order chi connectivity index (χ0) is 16.1. The third-order valence-corrected chi connectivity index (χ3v) is 4.22. The molecule has 1 aromatic carbocycles.